The second kappa shape index (κ2) is 6.96. The van der Waals surface area contributed by atoms with E-state index < -0.39 is 18.2 Å². The van der Waals surface area contributed by atoms with Crippen LogP contribution in [0.3, 0.4) is 0 Å². The van der Waals surface area contributed by atoms with Gasteiger partial charge in [-0.15, -0.1) is 0 Å². The highest BCUT2D eigenvalue weighted by Crippen LogP contribution is 2.29. The first kappa shape index (κ1) is 14.4. The van der Waals surface area contributed by atoms with E-state index in [0.717, 1.165) is 0 Å². The fraction of sp³-hybridized carbons (Fsp3) is 0.462. The van der Waals surface area contributed by atoms with Crippen LogP contribution in [0.25, 0.3) is 0 Å². The van der Waals surface area contributed by atoms with Crippen molar-refractivity contribution in [3.05, 3.63) is 29.8 Å². The number of aliphatic hydroxyl groups is 1. The highest BCUT2D eigenvalue weighted by molar-refractivity contribution is 5.75. The zero-order valence-corrected chi connectivity index (χ0v) is 10.4. The van der Waals surface area contributed by atoms with E-state index in [-0.39, 0.29) is 12.2 Å². The average molecular weight is 256 g/mol. The minimum Gasteiger partial charge on any atom is -0.493 e. The van der Waals surface area contributed by atoms with E-state index in [1.165, 1.54) is 6.07 Å². The van der Waals surface area contributed by atoms with Crippen LogP contribution in [0.15, 0.2) is 24.3 Å². The molecule has 5 heteroatoms. The van der Waals surface area contributed by atoms with Crippen molar-refractivity contribution in [2.75, 3.05) is 13.2 Å². The van der Waals surface area contributed by atoms with Crippen molar-refractivity contribution in [1.82, 2.24) is 0 Å². The van der Waals surface area contributed by atoms with Crippen molar-refractivity contribution >= 4 is 5.97 Å². The Hall–Kier alpha value is -1.62. The summed E-state index contributed by atoms with van der Waals surface area (Å²) in [5.74, 6) is -0.712. The first-order valence-corrected chi connectivity index (χ1v) is 5.82. The maximum atomic E-state index is 13.7. The lowest BCUT2D eigenvalue weighted by molar-refractivity contribution is -0.153. The maximum Gasteiger partial charge on any atom is 0.343 e. The topological polar surface area (TPSA) is 55.8 Å². The summed E-state index contributed by atoms with van der Waals surface area (Å²) < 4.78 is 23.5. The van der Waals surface area contributed by atoms with E-state index in [4.69, 9.17) is 4.74 Å². The minimum absolute atomic E-state index is 0.0685. The van der Waals surface area contributed by atoms with Crippen LogP contribution >= 0.6 is 0 Å². The molecule has 0 heterocycles. The molecule has 0 bridgehead atoms. The quantitative estimate of drug-likeness (QED) is 0.791. The van der Waals surface area contributed by atoms with Crippen LogP contribution in [-0.2, 0) is 9.53 Å². The van der Waals surface area contributed by atoms with Crippen molar-refractivity contribution in [3.63, 3.8) is 0 Å². The largest absolute Gasteiger partial charge is 0.493 e. The molecule has 0 aliphatic carbocycles. The number of ether oxygens (including phenoxy) is 2. The van der Waals surface area contributed by atoms with Gasteiger partial charge in [-0.3, -0.25) is 0 Å². The Balaban J connectivity index is 2.88. The van der Waals surface area contributed by atoms with Crippen LogP contribution in [0.2, 0.25) is 0 Å². The number of para-hydroxylation sites is 1. The number of alkyl halides is 1. The van der Waals surface area contributed by atoms with Gasteiger partial charge in [0.25, 0.3) is 0 Å². The van der Waals surface area contributed by atoms with E-state index in [9.17, 15) is 14.3 Å². The molecule has 0 radical (unpaired) electrons. The van der Waals surface area contributed by atoms with Crippen LogP contribution in [0, 0.1) is 0 Å². The molecule has 0 fully saturated rings. The Kier molecular flexibility index (Phi) is 5.58. The molecule has 4 nitrogen and oxygen atoms in total. The van der Waals surface area contributed by atoms with E-state index in [1.54, 1.807) is 32.0 Å². The van der Waals surface area contributed by atoms with E-state index in [0.29, 0.717) is 12.4 Å². The van der Waals surface area contributed by atoms with Gasteiger partial charge in [-0.25, -0.2) is 9.18 Å². The predicted molar refractivity (Wildman–Crippen MR) is 64.1 cm³/mol. The number of carbonyl (C=O) groups is 1. The van der Waals surface area contributed by atoms with Gasteiger partial charge in [0, 0.05) is 5.56 Å². The molecule has 0 amide bonds. The maximum absolute atomic E-state index is 13.7. The molecule has 2 atom stereocenters. The minimum atomic E-state index is -2.12. The van der Waals surface area contributed by atoms with E-state index in [2.05, 4.69) is 4.74 Å². The van der Waals surface area contributed by atoms with Crippen LogP contribution in [0.5, 0.6) is 5.75 Å². The molecule has 0 saturated carbocycles. The van der Waals surface area contributed by atoms with Crippen LogP contribution in [0.1, 0.15) is 25.5 Å². The normalized spacial score (nSPS) is 13.8. The molecule has 18 heavy (non-hydrogen) atoms. The summed E-state index contributed by atoms with van der Waals surface area (Å²) in [6, 6.07) is 6.47. The molecular formula is C13H17FO4. The molecule has 2 unspecified atom stereocenters. The molecule has 0 aliphatic heterocycles. The first-order valence-electron chi connectivity index (χ1n) is 5.82. The summed E-state index contributed by atoms with van der Waals surface area (Å²) in [5, 5.41) is 9.84. The van der Waals surface area contributed by atoms with Gasteiger partial charge in [0.2, 0.25) is 6.17 Å². The number of hydrogen-bond acceptors (Lipinski definition) is 4. The number of hydrogen-bond donors (Lipinski definition) is 1. The Morgan fingerprint density at radius 3 is 2.61 bits per heavy atom. The standard InChI is InChI=1S/C13H17FO4/c1-3-17-10-8-6-5-7-9(10)12(15)11(14)13(16)18-4-2/h5-8,11-12,15H,3-4H2,1-2H3. The lowest BCUT2D eigenvalue weighted by atomic mass is 10.0. The Morgan fingerprint density at radius 2 is 2.00 bits per heavy atom. The number of benzene rings is 1. The summed E-state index contributed by atoms with van der Waals surface area (Å²) in [7, 11) is 0. The third-order valence-corrected chi connectivity index (χ3v) is 2.33. The second-order valence-corrected chi connectivity index (χ2v) is 3.57. The lowest BCUT2D eigenvalue weighted by Crippen LogP contribution is -2.26. The van der Waals surface area contributed by atoms with Crippen molar-refractivity contribution in [3.8, 4) is 5.75 Å². The van der Waals surface area contributed by atoms with Gasteiger partial charge in [-0.05, 0) is 19.9 Å². The summed E-state index contributed by atoms with van der Waals surface area (Å²) in [6.07, 6.45) is -3.71. The van der Waals surface area contributed by atoms with Crippen molar-refractivity contribution in [2.24, 2.45) is 0 Å². The van der Waals surface area contributed by atoms with E-state index in [1.807, 2.05) is 0 Å². The number of carbonyl (C=O) groups excluding carboxylic acids is 1. The van der Waals surface area contributed by atoms with Gasteiger partial charge in [0.1, 0.15) is 11.9 Å². The molecule has 1 aromatic rings. The summed E-state index contributed by atoms with van der Waals surface area (Å²) in [6.45, 7) is 3.81. The van der Waals surface area contributed by atoms with Gasteiger partial charge < -0.3 is 14.6 Å². The van der Waals surface area contributed by atoms with Gasteiger partial charge in [-0.1, -0.05) is 18.2 Å². The Bertz CT molecular complexity index is 394. The highest BCUT2D eigenvalue weighted by atomic mass is 19.1. The average Bonchev–Trinajstić information content (AvgIpc) is 2.38. The van der Waals surface area contributed by atoms with Crippen LogP contribution < -0.4 is 4.74 Å². The number of halogens is 1. The molecule has 0 aliphatic rings. The number of esters is 1. The summed E-state index contributed by atoms with van der Waals surface area (Å²) in [4.78, 5) is 11.2. The predicted octanol–water partition coefficient (Wildman–Crippen LogP) is 2.02. The SMILES string of the molecule is CCOC(=O)C(F)C(O)c1ccccc1OCC. The number of aliphatic hydroxyl groups excluding tert-OH is 1. The molecule has 0 spiro atoms. The fourth-order valence-electron chi connectivity index (χ4n) is 1.52. The summed E-state index contributed by atoms with van der Waals surface area (Å²) in [5.41, 5.74) is 0.236. The van der Waals surface area contributed by atoms with E-state index >= 15 is 0 Å². The molecule has 100 valence electrons. The smallest absolute Gasteiger partial charge is 0.343 e. The van der Waals surface area contributed by atoms with Crippen molar-refractivity contribution < 1.29 is 23.8 Å². The van der Waals surface area contributed by atoms with Crippen LogP contribution in [0.4, 0.5) is 4.39 Å². The second-order valence-electron chi connectivity index (χ2n) is 3.57. The molecular weight excluding hydrogens is 239 g/mol. The van der Waals surface area contributed by atoms with Gasteiger partial charge >= 0.3 is 5.97 Å². The highest BCUT2D eigenvalue weighted by Gasteiger charge is 2.30. The third kappa shape index (κ3) is 3.43. The van der Waals surface area contributed by atoms with Crippen molar-refractivity contribution in [2.45, 2.75) is 26.1 Å². The monoisotopic (exact) mass is 256 g/mol. The Morgan fingerprint density at radius 1 is 1.33 bits per heavy atom. The first-order chi connectivity index (χ1) is 8.61. The molecule has 1 rings (SSSR count). The summed E-state index contributed by atoms with van der Waals surface area (Å²) >= 11 is 0. The number of rotatable bonds is 6. The van der Waals surface area contributed by atoms with Gasteiger partial charge in [0.15, 0.2) is 0 Å². The Labute approximate surface area is 105 Å². The zero-order chi connectivity index (χ0) is 13.5. The third-order valence-electron chi connectivity index (χ3n) is 2.33. The zero-order valence-electron chi connectivity index (χ0n) is 10.4. The molecule has 1 N–H and O–H groups in total. The van der Waals surface area contributed by atoms with Crippen LogP contribution in [-0.4, -0.2) is 30.5 Å². The van der Waals surface area contributed by atoms with Gasteiger partial charge in [0.05, 0.1) is 13.2 Å². The molecule has 1 aromatic carbocycles. The lowest BCUT2D eigenvalue weighted by Gasteiger charge is -2.17. The fourth-order valence-corrected chi connectivity index (χ4v) is 1.52. The van der Waals surface area contributed by atoms with Gasteiger partial charge in [-0.2, -0.15) is 0 Å². The van der Waals surface area contributed by atoms with Crippen molar-refractivity contribution in [1.29, 1.82) is 0 Å². The molecule has 0 saturated heterocycles. The molecule has 0 aromatic heterocycles.